The lowest BCUT2D eigenvalue weighted by atomic mass is 10.1. The molecule has 1 saturated heterocycles. The molecule has 0 unspecified atom stereocenters. The molecule has 1 atom stereocenters. The van der Waals surface area contributed by atoms with Crippen LogP contribution in [-0.4, -0.2) is 79.0 Å². The van der Waals surface area contributed by atoms with Crippen LogP contribution in [-0.2, 0) is 9.59 Å². The van der Waals surface area contributed by atoms with E-state index in [1.54, 1.807) is 18.3 Å². The summed E-state index contributed by atoms with van der Waals surface area (Å²) in [6.07, 6.45) is 2.90. The molecule has 176 valence electrons. The van der Waals surface area contributed by atoms with E-state index in [2.05, 4.69) is 27.0 Å². The van der Waals surface area contributed by atoms with Crippen molar-refractivity contribution in [2.75, 3.05) is 57.3 Å². The van der Waals surface area contributed by atoms with Crippen molar-refractivity contribution in [3.05, 3.63) is 54.2 Å². The maximum atomic E-state index is 13.2. The first-order valence-electron chi connectivity index (χ1n) is 11.8. The normalized spacial score (nSPS) is 19.1. The van der Waals surface area contributed by atoms with E-state index in [1.807, 2.05) is 30.3 Å². The average Bonchev–Trinajstić information content (AvgIpc) is 2.85. The highest BCUT2D eigenvalue weighted by Gasteiger charge is 2.37. The predicted molar refractivity (Wildman–Crippen MR) is 127 cm³/mol. The summed E-state index contributed by atoms with van der Waals surface area (Å²) in [5.41, 5.74) is 0.751. The molecule has 0 aliphatic carbocycles. The fourth-order valence-electron chi connectivity index (χ4n) is 4.37. The predicted octanol–water partition coefficient (Wildman–Crippen LogP) is 2.08. The first-order valence-corrected chi connectivity index (χ1v) is 11.8. The Kier molecular flexibility index (Phi) is 7.91. The average molecular weight is 452 g/mol. The number of fused-ring (bicyclic) bond motifs is 1. The fraction of sp³-hybridized carbons (Fsp3) is 0.480. The minimum absolute atomic E-state index is 0.0781. The van der Waals surface area contributed by atoms with Gasteiger partial charge in [-0.1, -0.05) is 37.3 Å². The standard InChI is InChI=1S/C25H33N5O3/c1-2-13-28-15-17-29(18-16-28)14-7-12-26-22(31)19-30-24-21(10-6-11-27-24)33-23(25(30)32)20-8-4-3-5-9-20/h3-6,8-11,23H,2,7,12-19H2,1H3,(H,26,31)/t23-/m0/s1. The van der Waals surface area contributed by atoms with Gasteiger partial charge in [-0.25, -0.2) is 4.98 Å². The lowest BCUT2D eigenvalue weighted by Gasteiger charge is -2.34. The Labute approximate surface area is 195 Å². The summed E-state index contributed by atoms with van der Waals surface area (Å²) >= 11 is 0. The highest BCUT2D eigenvalue weighted by molar-refractivity contribution is 6.03. The molecule has 2 aromatic rings. The van der Waals surface area contributed by atoms with Crippen molar-refractivity contribution in [1.29, 1.82) is 0 Å². The lowest BCUT2D eigenvalue weighted by molar-refractivity contribution is -0.129. The number of hydrogen-bond donors (Lipinski definition) is 1. The van der Waals surface area contributed by atoms with E-state index < -0.39 is 6.10 Å². The second kappa shape index (κ2) is 11.2. The number of benzene rings is 1. The van der Waals surface area contributed by atoms with Crippen molar-refractivity contribution >= 4 is 17.6 Å². The van der Waals surface area contributed by atoms with Crippen LogP contribution in [0.1, 0.15) is 31.4 Å². The van der Waals surface area contributed by atoms with Crippen LogP contribution in [0.4, 0.5) is 5.82 Å². The second-order valence-electron chi connectivity index (χ2n) is 8.54. The summed E-state index contributed by atoms with van der Waals surface area (Å²) in [6, 6.07) is 12.9. The van der Waals surface area contributed by atoms with Crippen LogP contribution < -0.4 is 15.0 Å². The Bertz CT molecular complexity index is 931. The molecule has 1 N–H and O–H groups in total. The number of aromatic nitrogens is 1. The van der Waals surface area contributed by atoms with Crippen molar-refractivity contribution in [3.63, 3.8) is 0 Å². The van der Waals surface area contributed by atoms with Crippen LogP contribution in [0.2, 0.25) is 0 Å². The van der Waals surface area contributed by atoms with Gasteiger partial charge in [0.25, 0.3) is 5.91 Å². The number of hydrogen-bond acceptors (Lipinski definition) is 6. The molecule has 1 aromatic heterocycles. The van der Waals surface area contributed by atoms with Crippen LogP contribution in [0.25, 0.3) is 0 Å². The van der Waals surface area contributed by atoms with Gasteiger partial charge < -0.3 is 19.9 Å². The number of ether oxygens (including phenoxy) is 1. The van der Waals surface area contributed by atoms with E-state index >= 15 is 0 Å². The van der Waals surface area contributed by atoms with Gasteiger partial charge in [-0.05, 0) is 38.1 Å². The van der Waals surface area contributed by atoms with E-state index in [1.165, 1.54) is 17.9 Å². The third kappa shape index (κ3) is 5.89. The zero-order valence-corrected chi connectivity index (χ0v) is 19.3. The Balaban J connectivity index is 1.29. The quantitative estimate of drug-likeness (QED) is 0.589. The van der Waals surface area contributed by atoms with Crippen molar-refractivity contribution < 1.29 is 14.3 Å². The maximum absolute atomic E-state index is 13.2. The monoisotopic (exact) mass is 451 g/mol. The zero-order valence-electron chi connectivity index (χ0n) is 19.3. The zero-order chi connectivity index (χ0) is 23.0. The summed E-state index contributed by atoms with van der Waals surface area (Å²) < 4.78 is 5.94. The van der Waals surface area contributed by atoms with Crippen molar-refractivity contribution in [2.24, 2.45) is 0 Å². The molecule has 3 heterocycles. The van der Waals surface area contributed by atoms with E-state index in [4.69, 9.17) is 4.74 Å². The molecule has 2 amide bonds. The van der Waals surface area contributed by atoms with Gasteiger partial charge in [0.1, 0.15) is 6.54 Å². The Morgan fingerprint density at radius 1 is 1.06 bits per heavy atom. The SMILES string of the molecule is CCCN1CCN(CCCNC(=O)CN2C(=O)[C@H](c3ccccc3)Oc3cccnc32)CC1. The molecular weight excluding hydrogens is 418 g/mol. The molecular formula is C25H33N5O3. The third-order valence-electron chi connectivity index (χ3n) is 6.12. The van der Waals surface area contributed by atoms with Crippen molar-refractivity contribution in [2.45, 2.75) is 25.9 Å². The molecule has 2 aliphatic heterocycles. The van der Waals surface area contributed by atoms with Crippen LogP contribution in [0.3, 0.4) is 0 Å². The molecule has 2 aliphatic rings. The number of amides is 2. The van der Waals surface area contributed by atoms with Gasteiger partial charge in [0.2, 0.25) is 12.0 Å². The molecule has 8 nitrogen and oxygen atoms in total. The van der Waals surface area contributed by atoms with Gasteiger partial charge in [0, 0.05) is 44.5 Å². The number of carbonyl (C=O) groups excluding carboxylic acids is 2. The van der Waals surface area contributed by atoms with Crippen LogP contribution >= 0.6 is 0 Å². The van der Waals surface area contributed by atoms with Crippen LogP contribution in [0.15, 0.2) is 48.7 Å². The highest BCUT2D eigenvalue weighted by Crippen LogP contribution is 2.36. The number of piperazine rings is 1. The van der Waals surface area contributed by atoms with E-state index in [-0.39, 0.29) is 18.4 Å². The molecule has 0 radical (unpaired) electrons. The smallest absolute Gasteiger partial charge is 0.274 e. The number of nitrogens with zero attached hydrogens (tertiary/aromatic N) is 4. The van der Waals surface area contributed by atoms with Crippen molar-refractivity contribution in [1.82, 2.24) is 20.1 Å². The number of rotatable bonds is 9. The summed E-state index contributed by atoms with van der Waals surface area (Å²) in [6.45, 7) is 9.28. The maximum Gasteiger partial charge on any atom is 0.274 e. The summed E-state index contributed by atoms with van der Waals surface area (Å²) in [5.74, 6) is 0.407. The topological polar surface area (TPSA) is 78.0 Å². The first kappa shape index (κ1) is 23.2. The van der Waals surface area contributed by atoms with E-state index in [9.17, 15) is 9.59 Å². The first-order chi connectivity index (χ1) is 16.2. The second-order valence-corrected chi connectivity index (χ2v) is 8.54. The summed E-state index contributed by atoms with van der Waals surface area (Å²) in [7, 11) is 0. The molecule has 8 heteroatoms. The Hall–Kier alpha value is -2.97. The molecule has 0 bridgehead atoms. The number of nitrogens with one attached hydrogen (secondary N) is 1. The van der Waals surface area contributed by atoms with E-state index in [0.717, 1.165) is 44.7 Å². The van der Waals surface area contributed by atoms with Crippen molar-refractivity contribution in [3.8, 4) is 5.75 Å². The fourth-order valence-corrected chi connectivity index (χ4v) is 4.37. The van der Waals surface area contributed by atoms with Gasteiger partial charge in [0.05, 0.1) is 0 Å². The minimum atomic E-state index is -0.790. The van der Waals surface area contributed by atoms with Crippen LogP contribution in [0.5, 0.6) is 5.75 Å². The van der Waals surface area contributed by atoms with E-state index in [0.29, 0.717) is 18.1 Å². The summed E-state index contributed by atoms with van der Waals surface area (Å²) in [5, 5.41) is 2.97. The largest absolute Gasteiger partial charge is 0.472 e. The minimum Gasteiger partial charge on any atom is -0.472 e. The highest BCUT2D eigenvalue weighted by atomic mass is 16.5. The molecule has 1 aromatic carbocycles. The Morgan fingerprint density at radius 3 is 2.52 bits per heavy atom. The molecule has 1 fully saturated rings. The van der Waals surface area contributed by atoms with Gasteiger partial charge in [0.15, 0.2) is 11.6 Å². The van der Waals surface area contributed by atoms with Crippen LogP contribution in [0, 0.1) is 0 Å². The summed E-state index contributed by atoms with van der Waals surface area (Å²) in [4.78, 5) is 36.6. The molecule has 0 saturated carbocycles. The third-order valence-corrected chi connectivity index (χ3v) is 6.12. The molecule has 4 rings (SSSR count). The van der Waals surface area contributed by atoms with Gasteiger partial charge in [-0.3, -0.25) is 14.5 Å². The number of carbonyl (C=O) groups is 2. The number of pyridine rings is 1. The number of anilines is 1. The lowest BCUT2D eigenvalue weighted by Crippen LogP contribution is -2.48. The van der Waals surface area contributed by atoms with Gasteiger partial charge in [-0.2, -0.15) is 0 Å². The molecule has 0 spiro atoms. The molecule has 33 heavy (non-hydrogen) atoms. The van der Waals surface area contributed by atoms with Gasteiger partial charge in [-0.15, -0.1) is 0 Å². The van der Waals surface area contributed by atoms with Gasteiger partial charge >= 0.3 is 0 Å². The Morgan fingerprint density at radius 2 is 1.79 bits per heavy atom.